The third-order valence-electron chi connectivity index (χ3n) is 3.94. The Bertz CT molecular complexity index is 589. The Hall–Kier alpha value is -2.20. The summed E-state index contributed by atoms with van der Waals surface area (Å²) in [7, 11) is 0. The Morgan fingerprint density at radius 1 is 1.24 bits per heavy atom. The van der Waals surface area contributed by atoms with Gasteiger partial charge in [-0.15, -0.1) is 0 Å². The smallest absolute Gasteiger partial charge is 0.151 e. The fourth-order valence-electron chi connectivity index (χ4n) is 2.85. The number of nitrogens with zero attached hydrogens (tertiary/aromatic N) is 1. The van der Waals surface area contributed by atoms with E-state index in [1.165, 1.54) is 5.56 Å². The summed E-state index contributed by atoms with van der Waals surface area (Å²) in [5, 5.41) is 6.99. The van der Waals surface area contributed by atoms with Gasteiger partial charge in [0.05, 0.1) is 5.54 Å². The van der Waals surface area contributed by atoms with Crippen LogP contribution >= 0.6 is 0 Å². The third-order valence-corrected chi connectivity index (χ3v) is 3.94. The summed E-state index contributed by atoms with van der Waals surface area (Å²) in [4.78, 5) is 15.0. The highest BCUT2D eigenvalue weighted by atomic mass is 16.1. The van der Waals surface area contributed by atoms with Gasteiger partial charge in [0.1, 0.15) is 5.82 Å². The van der Waals surface area contributed by atoms with Crippen LogP contribution in [-0.4, -0.2) is 29.9 Å². The van der Waals surface area contributed by atoms with Gasteiger partial charge in [0, 0.05) is 18.3 Å². The van der Waals surface area contributed by atoms with Crippen molar-refractivity contribution in [1.82, 2.24) is 10.3 Å². The number of pyridine rings is 1. The highest BCUT2D eigenvalue weighted by Crippen LogP contribution is 2.25. The molecule has 0 unspecified atom stereocenters. The number of nitrogens with one attached hydrogen (secondary N) is 2. The molecule has 0 amide bonds. The topological polar surface area (TPSA) is 54.0 Å². The monoisotopic (exact) mass is 281 g/mol. The molecule has 4 nitrogen and oxygen atoms in total. The molecule has 1 aromatic heterocycles. The standard InChI is InChI=1S/C17H19N3O/c21-12-15-6-7-16(19-11-15)20-17(8-9-18-13-17)10-14-4-2-1-3-5-14/h1-7,11-12,18H,8-10,13H2,(H,19,20)/t17-/m1/s1. The van der Waals surface area contributed by atoms with Crippen LogP contribution in [0.25, 0.3) is 0 Å². The van der Waals surface area contributed by atoms with Crippen LogP contribution in [0.4, 0.5) is 5.82 Å². The molecule has 1 atom stereocenters. The Labute approximate surface area is 124 Å². The number of aldehydes is 1. The van der Waals surface area contributed by atoms with Gasteiger partial charge >= 0.3 is 0 Å². The van der Waals surface area contributed by atoms with E-state index in [2.05, 4.69) is 39.9 Å². The average Bonchev–Trinajstić information content (AvgIpc) is 2.97. The van der Waals surface area contributed by atoms with E-state index in [1.54, 1.807) is 12.3 Å². The van der Waals surface area contributed by atoms with E-state index < -0.39 is 0 Å². The van der Waals surface area contributed by atoms with Crippen molar-refractivity contribution in [2.45, 2.75) is 18.4 Å². The summed E-state index contributed by atoms with van der Waals surface area (Å²) >= 11 is 0. The van der Waals surface area contributed by atoms with Gasteiger partial charge in [-0.05, 0) is 37.1 Å². The van der Waals surface area contributed by atoms with Crippen LogP contribution in [0.15, 0.2) is 48.7 Å². The van der Waals surface area contributed by atoms with Gasteiger partial charge in [-0.3, -0.25) is 4.79 Å². The van der Waals surface area contributed by atoms with Gasteiger partial charge in [0.15, 0.2) is 6.29 Å². The first-order valence-corrected chi connectivity index (χ1v) is 7.24. The van der Waals surface area contributed by atoms with Crippen LogP contribution < -0.4 is 10.6 Å². The van der Waals surface area contributed by atoms with Gasteiger partial charge < -0.3 is 10.6 Å². The summed E-state index contributed by atoms with van der Waals surface area (Å²) in [6, 6.07) is 14.2. The van der Waals surface area contributed by atoms with Gasteiger partial charge in [0.25, 0.3) is 0 Å². The molecule has 108 valence electrons. The van der Waals surface area contributed by atoms with Crippen LogP contribution in [0.1, 0.15) is 22.3 Å². The molecule has 2 heterocycles. The van der Waals surface area contributed by atoms with Crippen molar-refractivity contribution < 1.29 is 4.79 Å². The molecule has 2 N–H and O–H groups in total. The quantitative estimate of drug-likeness (QED) is 0.826. The molecule has 1 saturated heterocycles. The molecule has 0 saturated carbocycles. The molecule has 1 fully saturated rings. The fourth-order valence-corrected chi connectivity index (χ4v) is 2.85. The van der Waals surface area contributed by atoms with Gasteiger partial charge in [-0.1, -0.05) is 30.3 Å². The molecule has 3 rings (SSSR count). The zero-order valence-electron chi connectivity index (χ0n) is 11.9. The fraction of sp³-hybridized carbons (Fsp3) is 0.294. The molecule has 4 heteroatoms. The number of hydrogen-bond donors (Lipinski definition) is 2. The van der Waals surface area contributed by atoms with Crippen molar-refractivity contribution in [2.75, 3.05) is 18.4 Å². The maximum absolute atomic E-state index is 10.7. The summed E-state index contributed by atoms with van der Waals surface area (Å²) < 4.78 is 0. The molecule has 1 aromatic carbocycles. The van der Waals surface area contributed by atoms with Crippen LogP contribution in [0, 0.1) is 0 Å². The SMILES string of the molecule is O=Cc1ccc(N[C@@]2(Cc3ccccc3)CCNC2)nc1. The van der Waals surface area contributed by atoms with E-state index >= 15 is 0 Å². The molecule has 1 aliphatic heterocycles. The Morgan fingerprint density at radius 3 is 2.71 bits per heavy atom. The molecule has 0 aliphatic carbocycles. The van der Waals surface area contributed by atoms with Gasteiger partial charge in [0.2, 0.25) is 0 Å². The third kappa shape index (κ3) is 3.28. The number of rotatable bonds is 5. The number of benzene rings is 1. The second kappa shape index (κ2) is 6.06. The zero-order chi connectivity index (χ0) is 14.5. The molecule has 0 spiro atoms. The minimum absolute atomic E-state index is 0.0168. The first kappa shape index (κ1) is 13.8. The normalized spacial score (nSPS) is 21.1. The molecule has 1 aliphatic rings. The molecule has 21 heavy (non-hydrogen) atoms. The maximum atomic E-state index is 10.7. The van der Waals surface area contributed by atoms with E-state index in [4.69, 9.17) is 0 Å². The maximum Gasteiger partial charge on any atom is 0.151 e. The molecular weight excluding hydrogens is 262 g/mol. The summed E-state index contributed by atoms with van der Waals surface area (Å²) in [5.74, 6) is 0.820. The minimum atomic E-state index is -0.0168. The Balaban J connectivity index is 1.78. The van der Waals surface area contributed by atoms with Crippen molar-refractivity contribution in [3.05, 3.63) is 59.8 Å². The first-order valence-electron chi connectivity index (χ1n) is 7.24. The van der Waals surface area contributed by atoms with Crippen molar-refractivity contribution in [3.63, 3.8) is 0 Å². The van der Waals surface area contributed by atoms with Crippen molar-refractivity contribution in [3.8, 4) is 0 Å². The lowest BCUT2D eigenvalue weighted by atomic mass is 9.90. The average molecular weight is 281 g/mol. The number of carbonyl (C=O) groups excluding carboxylic acids is 1. The van der Waals surface area contributed by atoms with Gasteiger partial charge in [-0.2, -0.15) is 0 Å². The Morgan fingerprint density at radius 2 is 2.10 bits per heavy atom. The number of aromatic nitrogens is 1. The number of hydrogen-bond acceptors (Lipinski definition) is 4. The summed E-state index contributed by atoms with van der Waals surface area (Å²) in [6.07, 6.45) is 4.43. The molecule has 2 aromatic rings. The predicted octanol–water partition coefficient (Wildman–Crippen LogP) is 2.28. The van der Waals surface area contributed by atoms with E-state index in [-0.39, 0.29) is 5.54 Å². The van der Waals surface area contributed by atoms with Crippen molar-refractivity contribution in [2.24, 2.45) is 0 Å². The van der Waals surface area contributed by atoms with Crippen molar-refractivity contribution >= 4 is 12.1 Å². The lowest BCUT2D eigenvalue weighted by Crippen LogP contribution is -2.43. The second-order valence-corrected chi connectivity index (χ2v) is 5.59. The number of anilines is 1. The lowest BCUT2D eigenvalue weighted by Gasteiger charge is -2.30. The number of carbonyl (C=O) groups is 1. The van der Waals surface area contributed by atoms with Crippen LogP contribution in [0.5, 0.6) is 0 Å². The minimum Gasteiger partial charge on any atom is -0.363 e. The van der Waals surface area contributed by atoms with E-state index in [9.17, 15) is 4.79 Å². The van der Waals surface area contributed by atoms with Crippen LogP contribution in [0.2, 0.25) is 0 Å². The Kier molecular flexibility index (Phi) is 3.97. The van der Waals surface area contributed by atoms with E-state index in [1.807, 2.05) is 12.1 Å². The molecule has 0 bridgehead atoms. The highest BCUT2D eigenvalue weighted by Gasteiger charge is 2.34. The van der Waals surface area contributed by atoms with Gasteiger partial charge in [-0.25, -0.2) is 4.98 Å². The molecule has 0 radical (unpaired) electrons. The zero-order valence-corrected chi connectivity index (χ0v) is 11.9. The first-order chi connectivity index (χ1) is 10.3. The van der Waals surface area contributed by atoms with Crippen molar-refractivity contribution in [1.29, 1.82) is 0 Å². The largest absolute Gasteiger partial charge is 0.363 e. The lowest BCUT2D eigenvalue weighted by molar-refractivity contribution is 0.112. The highest BCUT2D eigenvalue weighted by molar-refractivity contribution is 5.74. The predicted molar refractivity (Wildman–Crippen MR) is 83.6 cm³/mol. The molecular formula is C17H19N3O. The van der Waals surface area contributed by atoms with Crippen LogP contribution in [0.3, 0.4) is 0 Å². The van der Waals surface area contributed by atoms with E-state index in [0.29, 0.717) is 5.56 Å². The second-order valence-electron chi connectivity index (χ2n) is 5.59. The summed E-state index contributed by atoms with van der Waals surface area (Å²) in [5.41, 5.74) is 1.90. The summed E-state index contributed by atoms with van der Waals surface area (Å²) in [6.45, 7) is 1.92. The van der Waals surface area contributed by atoms with E-state index in [0.717, 1.165) is 38.0 Å². The van der Waals surface area contributed by atoms with Crippen LogP contribution in [-0.2, 0) is 6.42 Å².